The quantitative estimate of drug-likeness (QED) is 0.891. The van der Waals surface area contributed by atoms with E-state index in [1.807, 2.05) is 38.1 Å². The van der Waals surface area contributed by atoms with Crippen molar-refractivity contribution in [1.82, 2.24) is 15.3 Å². The summed E-state index contributed by atoms with van der Waals surface area (Å²) in [7, 11) is 0. The predicted octanol–water partition coefficient (Wildman–Crippen LogP) is 2.88. The molecule has 0 spiro atoms. The van der Waals surface area contributed by atoms with E-state index in [1.54, 1.807) is 0 Å². The monoisotopic (exact) mass is 304 g/mol. The SMILES string of the molecule is CC(C)NC(=O)c1cnc(NCc2ccccc2Cl)nc1. The molecule has 0 aliphatic rings. The summed E-state index contributed by atoms with van der Waals surface area (Å²) in [4.78, 5) is 20.0. The first-order valence-corrected chi connectivity index (χ1v) is 7.04. The van der Waals surface area contributed by atoms with Crippen molar-refractivity contribution in [3.8, 4) is 0 Å². The van der Waals surface area contributed by atoms with E-state index in [2.05, 4.69) is 20.6 Å². The molecule has 1 aromatic heterocycles. The number of nitrogens with zero attached hydrogens (tertiary/aromatic N) is 2. The minimum absolute atomic E-state index is 0.0792. The predicted molar refractivity (Wildman–Crippen MR) is 83.4 cm³/mol. The maximum atomic E-state index is 11.8. The highest BCUT2D eigenvalue weighted by molar-refractivity contribution is 6.31. The lowest BCUT2D eigenvalue weighted by molar-refractivity contribution is 0.0942. The van der Waals surface area contributed by atoms with E-state index in [0.29, 0.717) is 23.1 Å². The smallest absolute Gasteiger partial charge is 0.254 e. The molecular formula is C15H17ClN4O. The highest BCUT2D eigenvalue weighted by Gasteiger charge is 2.08. The Morgan fingerprint density at radius 1 is 1.24 bits per heavy atom. The first-order chi connectivity index (χ1) is 10.1. The number of rotatable bonds is 5. The summed E-state index contributed by atoms with van der Waals surface area (Å²) >= 11 is 6.07. The number of carbonyl (C=O) groups excluding carboxylic acids is 1. The average molecular weight is 305 g/mol. The summed E-state index contributed by atoms with van der Waals surface area (Å²) in [6, 6.07) is 7.64. The van der Waals surface area contributed by atoms with Gasteiger partial charge in [0.1, 0.15) is 0 Å². The molecule has 0 radical (unpaired) electrons. The van der Waals surface area contributed by atoms with E-state index in [1.165, 1.54) is 12.4 Å². The van der Waals surface area contributed by atoms with Gasteiger partial charge >= 0.3 is 0 Å². The number of nitrogens with one attached hydrogen (secondary N) is 2. The van der Waals surface area contributed by atoms with Crippen LogP contribution in [0.4, 0.5) is 5.95 Å². The molecule has 5 nitrogen and oxygen atoms in total. The summed E-state index contributed by atoms with van der Waals surface area (Å²) in [5.74, 6) is 0.277. The Balaban J connectivity index is 1.97. The highest BCUT2D eigenvalue weighted by Crippen LogP contribution is 2.15. The minimum Gasteiger partial charge on any atom is -0.350 e. The molecule has 2 aromatic rings. The van der Waals surface area contributed by atoms with Crippen molar-refractivity contribution in [3.05, 3.63) is 52.8 Å². The molecule has 0 atom stereocenters. The first kappa shape index (κ1) is 15.3. The molecule has 0 fully saturated rings. The molecule has 0 aliphatic carbocycles. The third-order valence-corrected chi connectivity index (χ3v) is 3.10. The van der Waals surface area contributed by atoms with Gasteiger partial charge in [-0.05, 0) is 25.5 Å². The highest BCUT2D eigenvalue weighted by atomic mass is 35.5. The van der Waals surface area contributed by atoms with Crippen LogP contribution in [0.1, 0.15) is 29.8 Å². The van der Waals surface area contributed by atoms with Crippen molar-refractivity contribution >= 4 is 23.5 Å². The van der Waals surface area contributed by atoms with Gasteiger partial charge in [-0.15, -0.1) is 0 Å². The van der Waals surface area contributed by atoms with Crippen LogP contribution >= 0.6 is 11.6 Å². The molecule has 0 unspecified atom stereocenters. The van der Waals surface area contributed by atoms with Gasteiger partial charge in [0, 0.05) is 30.0 Å². The van der Waals surface area contributed by atoms with E-state index >= 15 is 0 Å². The van der Waals surface area contributed by atoms with Gasteiger partial charge in [0.15, 0.2) is 0 Å². The van der Waals surface area contributed by atoms with Crippen molar-refractivity contribution in [3.63, 3.8) is 0 Å². The molecule has 1 heterocycles. The van der Waals surface area contributed by atoms with Gasteiger partial charge in [-0.1, -0.05) is 29.8 Å². The number of hydrogen-bond donors (Lipinski definition) is 2. The standard InChI is InChI=1S/C15H17ClN4O/c1-10(2)20-14(21)12-8-18-15(19-9-12)17-7-11-5-3-4-6-13(11)16/h3-6,8-10H,7H2,1-2H3,(H,20,21)(H,17,18,19). The summed E-state index contributed by atoms with van der Waals surface area (Å²) in [5, 5.41) is 6.55. The lowest BCUT2D eigenvalue weighted by atomic mass is 10.2. The molecule has 0 bridgehead atoms. The third-order valence-electron chi connectivity index (χ3n) is 2.73. The second kappa shape index (κ2) is 7.04. The van der Waals surface area contributed by atoms with Crippen LogP contribution in [0, 0.1) is 0 Å². The fourth-order valence-electron chi connectivity index (χ4n) is 1.70. The van der Waals surface area contributed by atoms with Gasteiger partial charge in [0.05, 0.1) is 5.56 Å². The maximum absolute atomic E-state index is 11.8. The van der Waals surface area contributed by atoms with Gasteiger partial charge in [-0.2, -0.15) is 0 Å². The van der Waals surface area contributed by atoms with Crippen LogP contribution in [-0.4, -0.2) is 21.9 Å². The van der Waals surface area contributed by atoms with Crippen LogP contribution in [-0.2, 0) is 6.54 Å². The van der Waals surface area contributed by atoms with Gasteiger partial charge < -0.3 is 10.6 Å². The summed E-state index contributed by atoms with van der Waals surface area (Å²) < 4.78 is 0. The zero-order valence-electron chi connectivity index (χ0n) is 11.9. The minimum atomic E-state index is -0.178. The maximum Gasteiger partial charge on any atom is 0.254 e. The van der Waals surface area contributed by atoms with Crippen LogP contribution in [0.3, 0.4) is 0 Å². The molecular weight excluding hydrogens is 288 g/mol. The van der Waals surface area contributed by atoms with Gasteiger partial charge in [0.2, 0.25) is 5.95 Å². The molecule has 1 aromatic carbocycles. The van der Waals surface area contributed by atoms with Crippen LogP contribution in [0.2, 0.25) is 5.02 Å². The fourth-order valence-corrected chi connectivity index (χ4v) is 1.90. The second-order valence-electron chi connectivity index (χ2n) is 4.87. The van der Waals surface area contributed by atoms with Crippen LogP contribution in [0.15, 0.2) is 36.7 Å². The zero-order valence-corrected chi connectivity index (χ0v) is 12.7. The lowest BCUT2D eigenvalue weighted by Gasteiger charge is -2.09. The molecule has 21 heavy (non-hydrogen) atoms. The summed E-state index contributed by atoms with van der Waals surface area (Å²) in [6.07, 6.45) is 3.00. The Labute approximate surface area is 128 Å². The average Bonchev–Trinajstić information content (AvgIpc) is 2.46. The van der Waals surface area contributed by atoms with Gasteiger partial charge in [-0.3, -0.25) is 4.79 Å². The number of hydrogen-bond acceptors (Lipinski definition) is 4. The van der Waals surface area contributed by atoms with Crippen molar-refractivity contribution in [2.75, 3.05) is 5.32 Å². The number of carbonyl (C=O) groups is 1. The van der Waals surface area contributed by atoms with Crippen molar-refractivity contribution in [2.45, 2.75) is 26.4 Å². The molecule has 0 aliphatic heterocycles. The number of benzene rings is 1. The number of halogens is 1. The van der Waals surface area contributed by atoms with E-state index in [-0.39, 0.29) is 11.9 Å². The van der Waals surface area contributed by atoms with Crippen LogP contribution < -0.4 is 10.6 Å². The zero-order chi connectivity index (χ0) is 15.2. The molecule has 1 amide bonds. The lowest BCUT2D eigenvalue weighted by Crippen LogP contribution is -2.30. The number of amides is 1. The third kappa shape index (κ3) is 4.43. The Morgan fingerprint density at radius 3 is 2.52 bits per heavy atom. The van der Waals surface area contributed by atoms with Gasteiger partial charge in [-0.25, -0.2) is 9.97 Å². The normalized spacial score (nSPS) is 10.5. The molecule has 0 saturated carbocycles. The van der Waals surface area contributed by atoms with Crippen molar-refractivity contribution in [1.29, 1.82) is 0 Å². The Bertz CT molecular complexity index is 613. The van der Waals surface area contributed by atoms with Gasteiger partial charge in [0.25, 0.3) is 5.91 Å². The Hall–Kier alpha value is -2.14. The van der Waals surface area contributed by atoms with Crippen molar-refractivity contribution in [2.24, 2.45) is 0 Å². The molecule has 2 N–H and O–H groups in total. The van der Waals surface area contributed by atoms with Crippen LogP contribution in [0.25, 0.3) is 0 Å². The van der Waals surface area contributed by atoms with E-state index in [9.17, 15) is 4.79 Å². The fraction of sp³-hybridized carbons (Fsp3) is 0.267. The second-order valence-corrected chi connectivity index (χ2v) is 5.28. The molecule has 0 saturated heterocycles. The largest absolute Gasteiger partial charge is 0.350 e. The first-order valence-electron chi connectivity index (χ1n) is 6.66. The molecule has 110 valence electrons. The molecule has 6 heteroatoms. The Kier molecular flexibility index (Phi) is 5.11. The van der Waals surface area contributed by atoms with E-state index in [4.69, 9.17) is 11.6 Å². The Morgan fingerprint density at radius 2 is 1.90 bits per heavy atom. The number of anilines is 1. The molecule has 2 rings (SSSR count). The van der Waals surface area contributed by atoms with E-state index in [0.717, 1.165) is 5.56 Å². The van der Waals surface area contributed by atoms with E-state index < -0.39 is 0 Å². The van der Waals surface area contributed by atoms with Crippen LogP contribution in [0.5, 0.6) is 0 Å². The topological polar surface area (TPSA) is 66.9 Å². The number of aromatic nitrogens is 2. The van der Waals surface area contributed by atoms with Crippen molar-refractivity contribution < 1.29 is 4.79 Å². The summed E-state index contributed by atoms with van der Waals surface area (Å²) in [5.41, 5.74) is 1.40. The summed E-state index contributed by atoms with van der Waals surface area (Å²) in [6.45, 7) is 4.33.